The number of anilines is 1. The van der Waals surface area contributed by atoms with Crippen molar-refractivity contribution < 1.29 is 4.79 Å². The van der Waals surface area contributed by atoms with Crippen LogP contribution < -0.4 is 4.90 Å². The molecule has 0 N–H and O–H groups in total. The van der Waals surface area contributed by atoms with Crippen molar-refractivity contribution in [2.75, 3.05) is 4.90 Å². The fourth-order valence-corrected chi connectivity index (χ4v) is 4.25. The van der Waals surface area contributed by atoms with Gasteiger partial charge in [0.05, 0.1) is 27.0 Å². The van der Waals surface area contributed by atoms with Gasteiger partial charge in [0.25, 0.3) is 5.91 Å². The largest absolute Gasteiger partial charge is 0.297 e. The molecule has 138 valence electrons. The second-order valence-corrected chi connectivity index (χ2v) is 8.39. The predicted octanol–water partition coefficient (Wildman–Crippen LogP) is 6.22. The Labute approximate surface area is 169 Å². The van der Waals surface area contributed by atoms with Crippen LogP contribution in [0, 0.1) is 0 Å². The van der Waals surface area contributed by atoms with E-state index in [9.17, 15) is 4.79 Å². The molecule has 2 aromatic rings. The molecule has 0 bridgehead atoms. The molecule has 2 heterocycles. The van der Waals surface area contributed by atoms with Gasteiger partial charge in [-0.25, -0.2) is 4.99 Å². The zero-order chi connectivity index (χ0) is 19.5. The Hall–Kier alpha value is -2.10. The number of hydrogen-bond acceptors (Lipinski definition) is 2. The molecule has 3 nitrogen and oxygen atoms in total. The van der Waals surface area contributed by atoms with Crippen LogP contribution in [0.25, 0.3) is 5.57 Å². The summed E-state index contributed by atoms with van der Waals surface area (Å²) in [7, 11) is 0. The first-order valence-corrected chi connectivity index (χ1v) is 9.74. The van der Waals surface area contributed by atoms with Crippen molar-refractivity contribution in [1.82, 2.24) is 0 Å². The molecule has 0 fully saturated rings. The predicted molar refractivity (Wildman–Crippen MR) is 114 cm³/mol. The number of carbonyl (C=O) groups excluding carboxylic acids is 1. The maximum absolute atomic E-state index is 13.4. The zero-order valence-corrected chi connectivity index (χ0v) is 17.2. The highest BCUT2D eigenvalue weighted by Gasteiger charge is 2.45. The topological polar surface area (TPSA) is 32.7 Å². The molecule has 0 unspecified atom stereocenters. The molecule has 2 aliphatic rings. The molecule has 0 aliphatic carbocycles. The lowest BCUT2D eigenvalue weighted by Gasteiger charge is -2.38. The van der Waals surface area contributed by atoms with Crippen LogP contribution in [0.1, 0.15) is 44.4 Å². The average Bonchev–Trinajstić information content (AvgIpc) is 2.89. The van der Waals surface area contributed by atoms with E-state index in [1.165, 1.54) is 11.1 Å². The van der Waals surface area contributed by atoms with Crippen molar-refractivity contribution in [3.8, 4) is 0 Å². The fourth-order valence-electron chi connectivity index (χ4n) is 3.96. The van der Waals surface area contributed by atoms with Crippen LogP contribution in [-0.4, -0.2) is 17.2 Å². The number of aryl methyl sites for hydroxylation is 1. The summed E-state index contributed by atoms with van der Waals surface area (Å²) in [5, 5.41) is 0.890. The highest BCUT2D eigenvalue weighted by Crippen LogP contribution is 2.46. The van der Waals surface area contributed by atoms with Gasteiger partial charge in [0.1, 0.15) is 5.71 Å². The van der Waals surface area contributed by atoms with Crippen LogP contribution >= 0.6 is 23.2 Å². The summed E-state index contributed by atoms with van der Waals surface area (Å²) in [6.45, 7) is 8.32. The summed E-state index contributed by atoms with van der Waals surface area (Å²) >= 11 is 12.1. The Kier molecular flexibility index (Phi) is 4.21. The lowest BCUT2D eigenvalue weighted by Crippen LogP contribution is -2.47. The maximum Gasteiger partial charge on any atom is 0.278 e. The van der Waals surface area contributed by atoms with E-state index >= 15 is 0 Å². The van der Waals surface area contributed by atoms with Gasteiger partial charge < -0.3 is 0 Å². The number of benzene rings is 2. The van der Waals surface area contributed by atoms with Gasteiger partial charge in [-0.2, -0.15) is 0 Å². The van der Waals surface area contributed by atoms with E-state index in [1.807, 2.05) is 4.90 Å². The molecule has 0 saturated carbocycles. The van der Waals surface area contributed by atoms with Gasteiger partial charge >= 0.3 is 0 Å². The molecule has 4 rings (SSSR count). The lowest BCUT2D eigenvalue weighted by molar-refractivity contribution is -0.112. The first-order valence-electron chi connectivity index (χ1n) is 8.98. The molecule has 5 heteroatoms. The number of halogens is 2. The SMILES string of the molecule is CCc1cc2c3c(c1)C(=Nc1ccc(Cl)c(Cl)c1)C(=O)N3C(C)(C)C=C2C. The third-order valence-corrected chi connectivity index (χ3v) is 5.92. The summed E-state index contributed by atoms with van der Waals surface area (Å²) in [6, 6.07) is 9.42. The van der Waals surface area contributed by atoms with Crippen LogP contribution in [0.2, 0.25) is 10.0 Å². The molecule has 0 saturated heterocycles. The third kappa shape index (κ3) is 2.81. The van der Waals surface area contributed by atoms with E-state index in [1.54, 1.807) is 18.2 Å². The molecule has 2 aliphatic heterocycles. The van der Waals surface area contributed by atoms with Gasteiger partial charge in [0, 0.05) is 11.1 Å². The van der Waals surface area contributed by atoms with Crippen molar-refractivity contribution in [3.05, 3.63) is 63.1 Å². The molecule has 1 amide bonds. The highest BCUT2D eigenvalue weighted by molar-refractivity contribution is 6.55. The second-order valence-electron chi connectivity index (χ2n) is 7.57. The Morgan fingerprint density at radius 3 is 2.44 bits per heavy atom. The van der Waals surface area contributed by atoms with Gasteiger partial charge in [0.2, 0.25) is 0 Å². The van der Waals surface area contributed by atoms with E-state index in [2.05, 4.69) is 50.9 Å². The van der Waals surface area contributed by atoms with Gasteiger partial charge in [-0.05, 0) is 68.7 Å². The zero-order valence-electron chi connectivity index (χ0n) is 15.7. The van der Waals surface area contributed by atoms with Crippen molar-refractivity contribution >= 4 is 51.8 Å². The number of aliphatic imine (C=N–C) groups is 1. The minimum Gasteiger partial charge on any atom is -0.297 e. The summed E-state index contributed by atoms with van der Waals surface area (Å²) in [5.74, 6) is -0.0840. The third-order valence-electron chi connectivity index (χ3n) is 5.18. The first-order chi connectivity index (χ1) is 12.7. The minimum absolute atomic E-state index is 0.0840. The quantitative estimate of drug-likeness (QED) is 0.590. The number of carbonyl (C=O) groups is 1. The molecule has 2 aromatic carbocycles. The second kappa shape index (κ2) is 6.22. The molecule has 0 spiro atoms. The van der Waals surface area contributed by atoms with Crippen LogP contribution in [0.5, 0.6) is 0 Å². The van der Waals surface area contributed by atoms with Gasteiger partial charge in [-0.1, -0.05) is 36.2 Å². The van der Waals surface area contributed by atoms with Crippen LogP contribution in [-0.2, 0) is 11.2 Å². The number of hydrogen-bond donors (Lipinski definition) is 0. The average molecular weight is 399 g/mol. The molecule has 0 aromatic heterocycles. The minimum atomic E-state index is -0.411. The Morgan fingerprint density at radius 1 is 1.07 bits per heavy atom. The molecule has 0 atom stereocenters. The van der Waals surface area contributed by atoms with Crippen molar-refractivity contribution in [3.63, 3.8) is 0 Å². The number of nitrogens with zero attached hydrogens (tertiary/aromatic N) is 2. The van der Waals surface area contributed by atoms with Gasteiger partial charge in [0.15, 0.2) is 0 Å². The van der Waals surface area contributed by atoms with Crippen molar-refractivity contribution in [2.24, 2.45) is 4.99 Å². The van der Waals surface area contributed by atoms with E-state index in [0.29, 0.717) is 21.4 Å². The fraction of sp³-hybridized carbons (Fsp3) is 0.273. The van der Waals surface area contributed by atoms with E-state index < -0.39 is 5.54 Å². The van der Waals surface area contributed by atoms with Gasteiger partial charge in [-0.3, -0.25) is 9.69 Å². The number of allylic oxidation sites excluding steroid dienone is 1. The Balaban J connectivity index is 1.98. The van der Waals surface area contributed by atoms with Crippen LogP contribution in [0.15, 0.2) is 41.4 Å². The smallest absolute Gasteiger partial charge is 0.278 e. The molecule has 0 radical (unpaired) electrons. The first kappa shape index (κ1) is 18.3. The maximum atomic E-state index is 13.4. The van der Waals surface area contributed by atoms with Crippen molar-refractivity contribution in [1.29, 1.82) is 0 Å². The van der Waals surface area contributed by atoms with Crippen molar-refractivity contribution in [2.45, 2.75) is 39.7 Å². The van der Waals surface area contributed by atoms with Crippen LogP contribution in [0.4, 0.5) is 11.4 Å². The molecule has 27 heavy (non-hydrogen) atoms. The Bertz CT molecular complexity index is 1050. The lowest BCUT2D eigenvalue weighted by atomic mass is 9.88. The molecular weight excluding hydrogens is 379 g/mol. The molecular formula is C22H20Cl2N2O. The monoisotopic (exact) mass is 398 g/mol. The summed E-state index contributed by atoms with van der Waals surface area (Å²) in [4.78, 5) is 19.9. The summed E-state index contributed by atoms with van der Waals surface area (Å²) < 4.78 is 0. The van der Waals surface area contributed by atoms with Gasteiger partial charge in [-0.15, -0.1) is 0 Å². The van der Waals surface area contributed by atoms with E-state index in [0.717, 1.165) is 23.2 Å². The Morgan fingerprint density at radius 2 is 1.78 bits per heavy atom. The van der Waals surface area contributed by atoms with E-state index in [4.69, 9.17) is 23.2 Å². The summed E-state index contributed by atoms with van der Waals surface area (Å²) in [5.41, 5.74) is 5.99. The van der Waals surface area contributed by atoms with E-state index in [-0.39, 0.29) is 5.91 Å². The number of rotatable bonds is 2. The normalized spacial score (nSPS) is 18.7. The highest BCUT2D eigenvalue weighted by atomic mass is 35.5. The van der Waals surface area contributed by atoms with Crippen LogP contribution in [0.3, 0.4) is 0 Å². The standard InChI is InChI=1S/C22H20Cl2N2O/c1-5-13-8-15-12(2)11-22(3,4)26-20(15)16(9-13)19(21(26)27)25-14-6-7-17(23)18(24)10-14/h6-11H,5H2,1-4H3. The summed E-state index contributed by atoms with van der Waals surface area (Å²) in [6.07, 6.45) is 3.05. The number of amides is 1.